The van der Waals surface area contributed by atoms with E-state index in [0.29, 0.717) is 19.6 Å². The third kappa shape index (κ3) is 3.85. The minimum absolute atomic E-state index is 0.0238. The van der Waals surface area contributed by atoms with Crippen molar-refractivity contribution in [3.8, 4) is 0 Å². The number of rotatable bonds is 10. The van der Waals surface area contributed by atoms with Gasteiger partial charge in [-0.25, -0.2) is 0 Å². The number of hydrogen-bond donors (Lipinski definition) is 0. The number of carbonyl (C=O) groups is 3. The van der Waals surface area contributed by atoms with Gasteiger partial charge >= 0.3 is 5.97 Å². The lowest BCUT2D eigenvalue weighted by atomic mass is 9.55. The van der Waals surface area contributed by atoms with E-state index in [-0.39, 0.29) is 41.5 Å². The van der Waals surface area contributed by atoms with Crippen molar-refractivity contribution in [1.82, 2.24) is 4.90 Å². The van der Waals surface area contributed by atoms with Crippen molar-refractivity contribution in [3.05, 3.63) is 70.8 Å². The molecule has 5 heteroatoms. The lowest BCUT2D eigenvalue weighted by molar-refractivity contribution is -0.144. The minimum Gasteiger partial charge on any atom is -0.466 e. The normalized spacial score (nSPS) is 24.1. The van der Waals surface area contributed by atoms with E-state index in [2.05, 4.69) is 31.2 Å². The zero-order chi connectivity index (χ0) is 23.7. The molecule has 0 aromatic heterocycles. The number of benzene rings is 2. The quantitative estimate of drug-likeness (QED) is 0.279. The molecule has 1 aliphatic heterocycles. The van der Waals surface area contributed by atoms with Crippen molar-refractivity contribution in [1.29, 1.82) is 0 Å². The fourth-order valence-electron chi connectivity index (χ4n) is 6.29. The van der Waals surface area contributed by atoms with Crippen LogP contribution < -0.4 is 0 Å². The molecule has 2 amide bonds. The van der Waals surface area contributed by atoms with E-state index in [9.17, 15) is 14.4 Å². The van der Waals surface area contributed by atoms with Crippen LogP contribution in [0.3, 0.4) is 0 Å². The van der Waals surface area contributed by atoms with Gasteiger partial charge in [-0.2, -0.15) is 0 Å². The Labute approximate surface area is 201 Å². The van der Waals surface area contributed by atoms with Crippen LogP contribution in [0, 0.1) is 11.8 Å². The summed E-state index contributed by atoms with van der Waals surface area (Å²) in [6, 6.07) is 16.6. The van der Waals surface area contributed by atoms with E-state index in [1.807, 2.05) is 24.3 Å². The topological polar surface area (TPSA) is 63.7 Å². The molecule has 178 valence electrons. The molecule has 1 saturated heterocycles. The lowest BCUT2D eigenvalue weighted by Crippen LogP contribution is -2.41. The fraction of sp³-hybridized carbons (Fsp3) is 0.483. The van der Waals surface area contributed by atoms with Gasteiger partial charge in [0.15, 0.2) is 0 Å². The zero-order valence-electron chi connectivity index (χ0n) is 19.9. The molecule has 0 unspecified atom stereocenters. The summed E-state index contributed by atoms with van der Waals surface area (Å²) in [6.45, 7) is 3.05. The molecule has 0 spiro atoms. The van der Waals surface area contributed by atoms with Crippen molar-refractivity contribution in [3.63, 3.8) is 0 Å². The van der Waals surface area contributed by atoms with Gasteiger partial charge in [-0.1, -0.05) is 74.7 Å². The molecule has 1 fully saturated rings. The summed E-state index contributed by atoms with van der Waals surface area (Å²) < 4.78 is 5.26. The molecule has 34 heavy (non-hydrogen) atoms. The third-order valence-electron chi connectivity index (χ3n) is 7.81. The first kappa shape index (κ1) is 22.8. The maximum atomic E-state index is 13.5. The van der Waals surface area contributed by atoms with Gasteiger partial charge in [0.25, 0.3) is 0 Å². The Hall–Kier alpha value is -2.95. The Morgan fingerprint density at radius 3 is 1.79 bits per heavy atom. The second-order valence-electron chi connectivity index (χ2n) is 9.83. The summed E-state index contributed by atoms with van der Waals surface area (Å²) in [4.78, 5) is 40.4. The van der Waals surface area contributed by atoms with Crippen LogP contribution in [0.15, 0.2) is 48.5 Å². The largest absolute Gasteiger partial charge is 0.466 e. The van der Waals surface area contributed by atoms with Gasteiger partial charge in [0, 0.05) is 24.8 Å². The Morgan fingerprint density at radius 1 is 0.765 bits per heavy atom. The van der Waals surface area contributed by atoms with Gasteiger partial charge in [0.1, 0.15) is 0 Å². The van der Waals surface area contributed by atoms with Crippen molar-refractivity contribution < 1.29 is 19.1 Å². The Balaban J connectivity index is 1.23. The van der Waals surface area contributed by atoms with Crippen LogP contribution in [0.5, 0.6) is 0 Å². The standard InChI is InChI=1S/C29H33NO4/c1-2-3-11-18-34-23(31)16-5-4-10-17-30-28(32)26-24-19-12-6-7-13-20(19)25(27(26)29(30)33)22-15-9-8-14-21(22)24/h6-9,12-15,24-27H,2-5,10-11,16-18H2,1H3/t24?,25?,26-,27-/m0/s1. The van der Waals surface area contributed by atoms with Crippen LogP contribution in [-0.4, -0.2) is 35.8 Å². The zero-order valence-corrected chi connectivity index (χ0v) is 19.9. The van der Waals surface area contributed by atoms with Gasteiger partial charge in [0.05, 0.1) is 18.4 Å². The van der Waals surface area contributed by atoms with Crippen LogP contribution in [0.2, 0.25) is 0 Å². The first-order valence-electron chi connectivity index (χ1n) is 12.8. The molecule has 0 radical (unpaired) electrons. The van der Waals surface area contributed by atoms with Crippen LogP contribution >= 0.6 is 0 Å². The fourth-order valence-corrected chi connectivity index (χ4v) is 6.29. The predicted molar refractivity (Wildman–Crippen MR) is 129 cm³/mol. The molecule has 2 bridgehead atoms. The van der Waals surface area contributed by atoms with E-state index in [1.165, 1.54) is 27.2 Å². The highest BCUT2D eigenvalue weighted by Crippen LogP contribution is 2.60. The molecule has 2 aromatic rings. The summed E-state index contributed by atoms with van der Waals surface area (Å²) in [5, 5.41) is 0. The van der Waals surface area contributed by atoms with Crippen LogP contribution in [0.4, 0.5) is 0 Å². The number of nitrogens with zero attached hydrogens (tertiary/aromatic N) is 1. The summed E-state index contributed by atoms with van der Waals surface area (Å²) in [6.07, 6.45) is 5.72. The van der Waals surface area contributed by atoms with E-state index in [4.69, 9.17) is 4.74 Å². The first-order chi connectivity index (χ1) is 16.6. The maximum Gasteiger partial charge on any atom is 0.305 e. The van der Waals surface area contributed by atoms with E-state index < -0.39 is 0 Å². The average Bonchev–Trinajstić information content (AvgIpc) is 3.12. The number of esters is 1. The van der Waals surface area contributed by atoms with Crippen LogP contribution in [-0.2, 0) is 19.1 Å². The van der Waals surface area contributed by atoms with Crippen molar-refractivity contribution in [2.45, 2.75) is 63.7 Å². The molecule has 6 rings (SSSR count). The molecule has 5 nitrogen and oxygen atoms in total. The summed E-state index contributed by atoms with van der Waals surface area (Å²) in [5.74, 6) is -0.908. The molecule has 0 saturated carbocycles. The van der Waals surface area contributed by atoms with Gasteiger partial charge in [0.2, 0.25) is 11.8 Å². The molecule has 0 N–H and O–H groups in total. The SMILES string of the molecule is CCCCCOC(=O)CCCCCN1C(=O)[C@H]2C3c4ccccc4C(c4ccccc43)[C@@H]2C1=O. The second kappa shape index (κ2) is 9.73. The van der Waals surface area contributed by atoms with Gasteiger partial charge in [-0.15, -0.1) is 0 Å². The smallest absolute Gasteiger partial charge is 0.305 e. The lowest BCUT2D eigenvalue weighted by Gasteiger charge is -2.45. The van der Waals surface area contributed by atoms with Crippen molar-refractivity contribution >= 4 is 17.8 Å². The first-order valence-corrected chi connectivity index (χ1v) is 12.8. The number of hydrogen-bond acceptors (Lipinski definition) is 4. The number of carbonyl (C=O) groups excluding carboxylic acids is 3. The molecule has 2 aromatic carbocycles. The Bertz CT molecular complexity index is 978. The molecule has 3 aliphatic carbocycles. The third-order valence-corrected chi connectivity index (χ3v) is 7.81. The Morgan fingerprint density at radius 2 is 1.29 bits per heavy atom. The number of imide groups is 1. The highest BCUT2D eigenvalue weighted by Gasteiger charge is 2.61. The van der Waals surface area contributed by atoms with Gasteiger partial charge in [-0.05, 0) is 41.5 Å². The molecule has 4 aliphatic rings. The molecule has 2 atom stereocenters. The average molecular weight is 460 g/mol. The van der Waals surface area contributed by atoms with Crippen molar-refractivity contribution in [2.75, 3.05) is 13.2 Å². The number of ether oxygens (including phenoxy) is 1. The molecular formula is C29H33NO4. The van der Waals surface area contributed by atoms with Crippen LogP contribution in [0.1, 0.15) is 86.0 Å². The second-order valence-corrected chi connectivity index (χ2v) is 9.83. The molecule has 1 heterocycles. The number of amides is 2. The van der Waals surface area contributed by atoms with E-state index in [1.54, 1.807) is 0 Å². The molecular weight excluding hydrogens is 426 g/mol. The highest BCUT2D eigenvalue weighted by molar-refractivity contribution is 6.07. The summed E-state index contributed by atoms with van der Waals surface area (Å²) >= 11 is 0. The van der Waals surface area contributed by atoms with Gasteiger partial charge < -0.3 is 4.74 Å². The van der Waals surface area contributed by atoms with Crippen LogP contribution in [0.25, 0.3) is 0 Å². The number of likely N-dealkylation sites (tertiary alicyclic amines) is 1. The monoisotopic (exact) mass is 459 g/mol. The van der Waals surface area contributed by atoms with E-state index in [0.717, 1.165) is 38.5 Å². The summed E-state index contributed by atoms with van der Waals surface area (Å²) in [7, 11) is 0. The highest BCUT2D eigenvalue weighted by atomic mass is 16.5. The van der Waals surface area contributed by atoms with Gasteiger partial charge in [-0.3, -0.25) is 19.3 Å². The predicted octanol–water partition coefficient (Wildman–Crippen LogP) is 5.17. The van der Waals surface area contributed by atoms with E-state index >= 15 is 0 Å². The summed E-state index contributed by atoms with van der Waals surface area (Å²) in [5.41, 5.74) is 4.81. The number of unbranched alkanes of at least 4 members (excludes halogenated alkanes) is 4. The minimum atomic E-state index is -0.305. The van der Waals surface area contributed by atoms with Crippen molar-refractivity contribution in [2.24, 2.45) is 11.8 Å². The Kier molecular flexibility index (Phi) is 6.53. The maximum absolute atomic E-state index is 13.5.